The second-order valence-electron chi connectivity index (χ2n) is 2.86. The Kier molecular flexibility index (Phi) is 3.81. The molecule has 1 aromatic rings. The Hall–Kier alpha value is -1.89. The molecule has 0 aliphatic rings. The van der Waals surface area contributed by atoms with Gasteiger partial charge in [0.25, 0.3) is 5.91 Å². The highest BCUT2D eigenvalue weighted by Crippen LogP contribution is 1.93. The maximum Gasteiger partial charge on any atom is 0.332 e. The summed E-state index contributed by atoms with van der Waals surface area (Å²) in [6, 6.07) is 0. The van der Waals surface area contributed by atoms with Crippen LogP contribution in [0.2, 0.25) is 0 Å². The van der Waals surface area contributed by atoms with Crippen molar-refractivity contribution in [3.8, 4) is 0 Å². The Labute approximate surface area is 85.1 Å². The van der Waals surface area contributed by atoms with E-state index in [0.29, 0.717) is 5.69 Å². The largest absolute Gasteiger partial charge is 0.479 e. The van der Waals surface area contributed by atoms with E-state index in [1.807, 2.05) is 0 Å². The lowest BCUT2D eigenvalue weighted by Crippen LogP contribution is -2.30. The van der Waals surface area contributed by atoms with E-state index in [2.05, 4.69) is 15.3 Å². The molecule has 1 atom stereocenters. The van der Waals surface area contributed by atoms with E-state index in [9.17, 15) is 9.59 Å². The predicted molar refractivity (Wildman–Crippen MR) is 49.2 cm³/mol. The van der Waals surface area contributed by atoms with Crippen molar-refractivity contribution in [2.45, 2.75) is 12.5 Å². The van der Waals surface area contributed by atoms with Gasteiger partial charge >= 0.3 is 5.97 Å². The lowest BCUT2D eigenvalue weighted by atomic mass is 10.2. The second-order valence-corrected chi connectivity index (χ2v) is 2.86. The quantitative estimate of drug-likeness (QED) is 0.499. The Bertz CT molecular complexity index is 336. The number of hydrogen-bond donors (Lipinski definition) is 4. The number of aromatic nitrogens is 2. The number of nitrogens with zero attached hydrogens (tertiary/aromatic N) is 1. The van der Waals surface area contributed by atoms with Crippen LogP contribution in [0.3, 0.4) is 0 Å². The SMILES string of the molecule is O=C(NCCC(O)C(=O)O)c1cnc[nH]1. The fourth-order valence-corrected chi connectivity index (χ4v) is 0.921. The summed E-state index contributed by atoms with van der Waals surface area (Å²) in [5.74, 6) is -1.68. The summed E-state index contributed by atoms with van der Waals surface area (Å²) in [4.78, 5) is 27.7. The Morgan fingerprint density at radius 2 is 2.33 bits per heavy atom. The number of hydrogen-bond acceptors (Lipinski definition) is 4. The molecule has 0 aromatic carbocycles. The molecule has 0 saturated carbocycles. The van der Waals surface area contributed by atoms with Crippen LogP contribution < -0.4 is 5.32 Å². The van der Waals surface area contributed by atoms with E-state index >= 15 is 0 Å². The summed E-state index contributed by atoms with van der Waals surface area (Å²) in [5, 5.41) is 19.7. The first kappa shape index (κ1) is 11.2. The van der Waals surface area contributed by atoms with Crippen molar-refractivity contribution < 1.29 is 19.8 Å². The average molecular weight is 213 g/mol. The zero-order valence-corrected chi connectivity index (χ0v) is 7.80. The molecule has 1 heterocycles. The molecule has 1 aromatic heterocycles. The van der Waals surface area contributed by atoms with Crippen LogP contribution >= 0.6 is 0 Å². The maximum atomic E-state index is 11.2. The summed E-state index contributed by atoms with van der Waals surface area (Å²) in [6.45, 7) is 0.0886. The first-order chi connectivity index (χ1) is 7.11. The van der Waals surface area contributed by atoms with Crippen LogP contribution in [-0.4, -0.2) is 44.7 Å². The zero-order chi connectivity index (χ0) is 11.3. The predicted octanol–water partition coefficient (Wildman–Crippen LogP) is -1.02. The standard InChI is InChI=1S/C8H11N3O4/c12-6(8(14)15)1-2-10-7(13)5-3-9-4-11-5/h3-4,6,12H,1-2H2,(H,9,11)(H,10,13)(H,14,15). The van der Waals surface area contributed by atoms with Crippen LogP contribution in [0.25, 0.3) is 0 Å². The van der Waals surface area contributed by atoms with Crippen molar-refractivity contribution in [1.82, 2.24) is 15.3 Å². The third kappa shape index (κ3) is 3.39. The van der Waals surface area contributed by atoms with Crippen LogP contribution in [0, 0.1) is 0 Å². The van der Waals surface area contributed by atoms with Gasteiger partial charge in [0, 0.05) is 13.0 Å². The molecule has 4 N–H and O–H groups in total. The van der Waals surface area contributed by atoms with Crippen LogP contribution in [0.4, 0.5) is 0 Å². The van der Waals surface area contributed by atoms with Gasteiger partial charge in [-0.2, -0.15) is 0 Å². The van der Waals surface area contributed by atoms with Crippen LogP contribution in [0.15, 0.2) is 12.5 Å². The molecule has 7 heteroatoms. The van der Waals surface area contributed by atoms with E-state index in [1.54, 1.807) is 0 Å². The fraction of sp³-hybridized carbons (Fsp3) is 0.375. The van der Waals surface area contributed by atoms with Gasteiger partial charge in [-0.3, -0.25) is 4.79 Å². The van der Waals surface area contributed by atoms with Gasteiger partial charge < -0.3 is 20.5 Å². The van der Waals surface area contributed by atoms with Gasteiger partial charge in [-0.05, 0) is 0 Å². The summed E-state index contributed by atoms with van der Waals surface area (Å²) >= 11 is 0. The lowest BCUT2D eigenvalue weighted by Gasteiger charge is -2.05. The summed E-state index contributed by atoms with van der Waals surface area (Å²) < 4.78 is 0. The minimum Gasteiger partial charge on any atom is -0.479 e. The number of carbonyl (C=O) groups excluding carboxylic acids is 1. The highest BCUT2D eigenvalue weighted by molar-refractivity contribution is 5.91. The summed E-state index contributed by atoms with van der Waals surface area (Å²) in [5.41, 5.74) is 0.291. The number of nitrogens with one attached hydrogen (secondary N) is 2. The number of imidazole rings is 1. The Balaban J connectivity index is 2.27. The molecular formula is C8H11N3O4. The number of carboxylic acid groups (broad SMARTS) is 1. The molecule has 7 nitrogen and oxygen atoms in total. The second kappa shape index (κ2) is 5.11. The van der Waals surface area contributed by atoms with Crippen LogP contribution in [0.1, 0.15) is 16.9 Å². The molecule has 0 saturated heterocycles. The normalized spacial score (nSPS) is 12.1. The first-order valence-electron chi connectivity index (χ1n) is 4.28. The fourth-order valence-electron chi connectivity index (χ4n) is 0.921. The van der Waals surface area contributed by atoms with Gasteiger partial charge in [-0.15, -0.1) is 0 Å². The molecule has 15 heavy (non-hydrogen) atoms. The lowest BCUT2D eigenvalue weighted by molar-refractivity contribution is -0.146. The molecule has 1 amide bonds. The van der Waals surface area contributed by atoms with Crippen molar-refractivity contribution in [2.24, 2.45) is 0 Å². The van der Waals surface area contributed by atoms with Gasteiger partial charge in [0.2, 0.25) is 0 Å². The van der Waals surface area contributed by atoms with Crippen molar-refractivity contribution in [3.63, 3.8) is 0 Å². The Morgan fingerprint density at radius 3 is 2.87 bits per heavy atom. The van der Waals surface area contributed by atoms with E-state index < -0.39 is 12.1 Å². The summed E-state index contributed by atoms with van der Waals surface area (Å²) in [6.07, 6.45) is 1.23. The molecular weight excluding hydrogens is 202 g/mol. The molecule has 0 fully saturated rings. The van der Waals surface area contributed by atoms with Crippen molar-refractivity contribution in [1.29, 1.82) is 0 Å². The molecule has 0 spiro atoms. The molecule has 0 radical (unpaired) electrons. The molecule has 0 aliphatic heterocycles. The molecule has 1 rings (SSSR count). The van der Waals surface area contributed by atoms with E-state index in [0.717, 1.165) is 0 Å². The maximum absolute atomic E-state index is 11.2. The van der Waals surface area contributed by atoms with Gasteiger partial charge in [0.05, 0.1) is 12.5 Å². The van der Waals surface area contributed by atoms with Gasteiger partial charge in [0.1, 0.15) is 5.69 Å². The monoisotopic (exact) mass is 213 g/mol. The molecule has 82 valence electrons. The molecule has 0 aliphatic carbocycles. The highest BCUT2D eigenvalue weighted by atomic mass is 16.4. The minimum atomic E-state index is -1.45. The Morgan fingerprint density at radius 1 is 1.60 bits per heavy atom. The first-order valence-corrected chi connectivity index (χ1v) is 4.28. The van der Waals surface area contributed by atoms with E-state index in [4.69, 9.17) is 10.2 Å². The van der Waals surface area contributed by atoms with Gasteiger partial charge in [0.15, 0.2) is 6.10 Å². The topological polar surface area (TPSA) is 115 Å². The number of aromatic amines is 1. The van der Waals surface area contributed by atoms with Crippen LogP contribution in [-0.2, 0) is 4.79 Å². The van der Waals surface area contributed by atoms with E-state index in [1.165, 1.54) is 12.5 Å². The number of amides is 1. The van der Waals surface area contributed by atoms with Crippen LogP contribution in [0.5, 0.6) is 0 Å². The average Bonchev–Trinajstić information content (AvgIpc) is 2.70. The number of aliphatic hydroxyl groups excluding tert-OH is 1. The molecule has 0 bridgehead atoms. The number of carbonyl (C=O) groups is 2. The van der Waals surface area contributed by atoms with Crippen molar-refractivity contribution in [3.05, 3.63) is 18.2 Å². The number of rotatable bonds is 5. The highest BCUT2D eigenvalue weighted by Gasteiger charge is 2.13. The van der Waals surface area contributed by atoms with Gasteiger partial charge in [-0.25, -0.2) is 9.78 Å². The minimum absolute atomic E-state index is 0.0325. The summed E-state index contributed by atoms with van der Waals surface area (Å²) in [7, 11) is 0. The third-order valence-electron chi connectivity index (χ3n) is 1.73. The van der Waals surface area contributed by atoms with Crippen molar-refractivity contribution in [2.75, 3.05) is 6.54 Å². The number of aliphatic hydroxyl groups is 1. The third-order valence-corrected chi connectivity index (χ3v) is 1.73. The molecule has 1 unspecified atom stereocenters. The number of carboxylic acids is 1. The number of aliphatic carboxylic acids is 1. The smallest absolute Gasteiger partial charge is 0.332 e. The van der Waals surface area contributed by atoms with Crippen molar-refractivity contribution >= 4 is 11.9 Å². The van der Waals surface area contributed by atoms with Gasteiger partial charge in [-0.1, -0.05) is 0 Å². The van der Waals surface area contributed by atoms with E-state index in [-0.39, 0.29) is 18.9 Å². The number of H-pyrrole nitrogens is 1. The zero-order valence-electron chi connectivity index (χ0n) is 7.80.